The summed E-state index contributed by atoms with van der Waals surface area (Å²) in [7, 11) is 0. The minimum atomic E-state index is -0.444. The fourth-order valence-electron chi connectivity index (χ4n) is 4.53. The molecule has 0 spiro atoms. The summed E-state index contributed by atoms with van der Waals surface area (Å²) in [5.74, 6) is 1.18. The van der Waals surface area contributed by atoms with Gasteiger partial charge in [-0.05, 0) is 48.6 Å². The fourth-order valence-corrected chi connectivity index (χ4v) is 4.53. The maximum atomic E-state index is 13.8. The standard InChI is InChI=1S/C28H29N5O2/c1-19(2)16-17-25(26-30-21-12-6-7-13-22(21)31-26)32-23-14-8-9-15-24(23)33(28(32)35)27(34)29-18-20-10-4-3-5-11-20/h3-15,19,25H,16-18H2,1-2H3,(H,29,34)(H,30,31). The molecule has 0 aliphatic carbocycles. The van der Waals surface area contributed by atoms with E-state index in [0.717, 1.165) is 35.3 Å². The normalized spacial score (nSPS) is 12.4. The first-order chi connectivity index (χ1) is 17.0. The van der Waals surface area contributed by atoms with Crippen molar-refractivity contribution in [3.05, 3.63) is 101 Å². The number of fused-ring (bicyclic) bond motifs is 2. The smallest absolute Gasteiger partial charge is 0.338 e. The molecule has 2 aromatic heterocycles. The summed E-state index contributed by atoms with van der Waals surface area (Å²) in [6.07, 6.45) is 1.63. The van der Waals surface area contributed by atoms with Crippen LogP contribution in [0.2, 0.25) is 0 Å². The zero-order chi connectivity index (χ0) is 24.4. The molecular weight excluding hydrogens is 438 g/mol. The zero-order valence-electron chi connectivity index (χ0n) is 19.9. The maximum absolute atomic E-state index is 13.8. The van der Waals surface area contributed by atoms with Gasteiger partial charge in [0.1, 0.15) is 5.82 Å². The molecule has 2 N–H and O–H groups in total. The van der Waals surface area contributed by atoms with E-state index in [1.54, 1.807) is 4.57 Å². The van der Waals surface area contributed by atoms with E-state index in [-0.39, 0.29) is 11.7 Å². The minimum absolute atomic E-state index is 0.328. The zero-order valence-corrected chi connectivity index (χ0v) is 19.9. The van der Waals surface area contributed by atoms with Crippen molar-refractivity contribution in [2.24, 2.45) is 5.92 Å². The van der Waals surface area contributed by atoms with Crippen LogP contribution < -0.4 is 11.0 Å². The molecule has 0 saturated carbocycles. The van der Waals surface area contributed by atoms with Crippen LogP contribution in [0.3, 0.4) is 0 Å². The average molecular weight is 468 g/mol. The fraction of sp³-hybridized carbons (Fsp3) is 0.250. The topological polar surface area (TPSA) is 84.7 Å². The second kappa shape index (κ2) is 9.62. The average Bonchev–Trinajstić information content (AvgIpc) is 3.42. The molecule has 0 radical (unpaired) electrons. The van der Waals surface area contributed by atoms with Crippen molar-refractivity contribution in [2.75, 3.05) is 0 Å². The van der Waals surface area contributed by atoms with E-state index >= 15 is 0 Å². The number of para-hydroxylation sites is 4. The summed E-state index contributed by atoms with van der Waals surface area (Å²) in [5, 5.41) is 2.90. The molecule has 35 heavy (non-hydrogen) atoms. The van der Waals surface area contributed by atoms with Gasteiger partial charge in [-0.15, -0.1) is 0 Å². The molecule has 2 heterocycles. The van der Waals surface area contributed by atoms with Crippen LogP contribution in [0.5, 0.6) is 0 Å². The van der Waals surface area contributed by atoms with Crippen molar-refractivity contribution in [1.29, 1.82) is 0 Å². The maximum Gasteiger partial charge on any atom is 0.338 e. The predicted octanol–water partition coefficient (Wildman–Crippen LogP) is 5.46. The van der Waals surface area contributed by atoms with E-state index in [2.05, 4.69) is 24.1 Å². The summed E-state index contributed by atoms with van der Waals surface area (Å²) >= 11 is 0. The predicted molar refractivity (Wildman–Crippen MR) is 139 cm³/mol. The summed E-state index contributed by atoms with van der Waals surface area (Å²) in [6.45, 7) is 4.67. The third kappa shape index (κ3) is 4.49. The lowest BCUT2D eigenvalue weighted by Crippen LogP contribution is -2.37. The molecule has 3 aromatic carbocycles. The number of aromatic nitrogens is 4. The molecule has 0 aliphatic heterocycles. The van der Waals surface area contributed by atoms with Gasteiger partial charge in [0, 0.05) is 6.54 Å². The SMILES string of the molecule is CC(C)CCC(c1nc2ccccc2[nH]1)n1c(=O)n(C(=O)NCc2ccccc2)c2ccccc21. The van der Waals surface area contributed by atoms with Crippen molar-refractivity contribution in [1.82, 2.24) is 24.4 Å². The molecule has 7 nitrogen and oxygen atoms in total. The molecule has 5 rings (SSSR count). The monoisotopic (exact) mass is 467 g/mol. The Morgan fingerprint density at radius 3 is 2.34 bits per heavy atom. The van der Waals surface area contributed by atoms with E-state index in [0.29, 0.717) is 23.5 Å². The number of rotatable bonds is 7. The number of amides is 1. The molecule has 0 saturated heterocycles. The van der Waals surface area contributed by atoms with Crippen LogP contribution in [0.25, 0.3) is 22.1 Å². The first-order valence-corrected chi connectivity index (χ1v) is 12.0. The third-order valence-electron chi connectivity index (χ3n) is 6.32. The summed E-state index contributed by atoms with van der Waals surface area (Å²) < 4.78 is 2.96. The Labute approximate surface area is 203 Å². The Hall–Kier alpha value is -4.13. The highest BCUT2D eigenvalue weighted by atomic mass is 16.2. The molecule has 0 aliphatic rings. The highest BCUT2D eigenvalue weighted by Gasteiger charge is 2.26. The summed E-state index contributed by atoms with van der Waals surface area (Å²) in [5.41, 5.74) is 3.67. The molecule has 1 unspecified atom stereocenters. The number of carbonyl (C=O) groups is 1. The van der Waals surface area contributed by atoms with E-state index < -0.39 is 6.03 Å². The van der Waals surface area contributed by atoms with Crippen LogP contribution >= 0.6 is 0 Å². The van der Waals surface area contributed by atoms with Crippen LogP contribution in [0.15, 0.2) is 83.7 Å². The number of carbonyl (C=O) groups excluding carboxylic acids is 1. The first kappa shape index (κ1) is 22.7. The highest BCUT2D eigenvalue weighted by Crippen LogP contribution is 2.28. The van der Waals surface area contributed by atoms with Gasteiger partial charge in [0.15, 0.2) is 0 Å². The lowest BCUT2D eigenvalue weighted by Gasteiger charge is -2.18. The van der Waals surface area contributed by atoms with Crippen LogP contribution in [0, 0.1) is 5.92 Å². The number of hydrogen-bond acceptors (Lipinski definition) is 3. The lowest BCUT2D eigenvalue weighted by molar-refractivity contribution is 0.241. The number of H-pyrrole nitrogens is 1. The summed E-state index contributed by atoms with van der Waals surface area (Å²) in [4.78, 5) is 35.3. The third-order valence-corrected chi connectivity index (χ3v) is 6.32. The van der Waals surface area contributed by atoms with E-state index in [1.807, 2.05) is 78.9 Å². The Bertz CT molecular complexity index is 1490. The largest absolute Gasteiger partial charge is 0.340 e. The van der Waals surface area contributed by atoms with Gasteiger partial charge in [-0.3, -0.25) is 4.57 Å². The molecule has 1 atom stereocenters. The second-order valence-corrected chi connectivity index (χ2v) is 9.25. The van der Waals surface area contributed by atoms with Gasteiger partial charge in [-0.25, -0.2) is 19.1 Å². The Kier molecular flexibility index (Phi) is 6.23. The van der Waals surface area contributed by atoms with E-state index in [9.17, 15) is 9.59 Å². The molecule has 1 amide bonds. The molecule has 5 aromatic rings. The van der Waals surface area contributed by atoms with Crippen molar-refractivity contribution in [3.63, 3.8) is 0 Å². The van der Waals surface area contributed by atoms with Gasteiger partial charge >= 0.3 is 11.7 Å². The molecule has 0 bridgehead atoms. The number of aromatic amines is 1. The second-order valence-electron chi connectivity index (χ2n) is 9.25. The highest BCUT2D eigenvalue weighted by molar-refractivity contribution is 5.89. The van der Waals surface area contributed by atoms with Crippen molar-refractivity contribution in [3.8, 4) is 0 Å². The number of imidazole rings is 2. The van der Waals surface area contributed by atoms with Gasteiger partial charge in [-0.2, -0.15) is 0 Å². The van der Waals surface area contributed by atoms with Gasteiger partial charge in [0.25, 0.3) is 0 Å². The van der Waals surface area contributed by atoms with Crippen molar-refractivity contribution in [2.45, 2.75) is 39.3 Å². The van der Waals surface area contributed by atoms with Gasteiger partial charge in [0.05, 0.1) is 28.1 Å². The number of nitrogens with zero attached hydrogens (tertiary/aromatic N) is 3. The van der Waals surface area contributed by atoms with Gasteiger partial charge in [0.2, 0.25) is 0 Å². The Morgan fingerprint density at radius 1 is 0.914 bits per heavy atom. The van der Waals surface area contributed by atoms with Crippen LogP contribution in [-0.4, -0.2) is 25.1 Å². The molecular formula is C28H29N5O2. The van der Waals surface area contributed by atoms with Gasteiger partial charge < -0.3 is 10.3 Å². The van der Waals surface area contributed by atoms with E-state index in [1.165, 1.54) is 4.57 Å². The van der Waals surface area contributed by atoms with E-state index in [4.69, 9.17) is 4.98 Å². The molecule has 7 heteroatoms. The van der Waals surface area contributed by atoms with Crippen LogP contribution in [-0.2, 0) is 6.54 Å². The Morgan fingerprint density at radius 2 is 1.60 bits per heavy atom. The quantitative estimate of drug-likeness (QED) is 0.333. The Balaban J connectivity index is 1.60. The number of hydrogen-bond donors (Lipinski definition) is 2. The first-order valence-electron chi connectivity index (χ1n) is 12.0. The minimum Gasteiger partial charge on any atom is -0.340 e. The van der Waals surface area contributed by atoms with Crippen molar-refractivity contribution >= 4 is 28.1 Å². The number of nitrogens with one attached hydrogen (secondary N) is 2. The van der Waals surface area contributed by atoms with Crippen LogP contribution in [0.1, 0.15) is 44.1 Å². The van der Waals surface area contributed by atoms with Crippen LogP contribution in [0.4, 0.5) is 4.79 Å². The molecule has 178 valence electrons. The summed E-state index contributed by atoms with van der Waals surface area (Å²) in [6, 6.07) is 24.2. The van der Waals surface area contributed by atoms with Gasteiger partial charge in [-0.1, -0.05) is 68.4 Å². The molecule has 0 fully saturated rings. The van der Waals surface area contributed by atoms with Crippen molar-refractivity contribution < 1.29 is 4.79 Å². The number of benzene rings is 3. The lowest BCUT2D eigenvalue weighted by atomic mass is 10.0.